The van der Waals surface area contributed by atoms with Crippen LogP contribution >= 0.6 is 11.6 Å². The summed E-state index contributed by atoms with van der Waals surface area (Å²) in [6, 6.07) is 5.74. The van der Waals surface area contributed by atoms with Crippen molar-refractivity contribution in [1.82, 2.24) is 9.97 Å². The number of halogens is 1. The molecule has 2 heterocycles. The number of aryl methyl sites for hydroxylation is 2. The largest absolute Gasteiger partial charge is 0.495 e. The van der Waals surface area contributed by atoms with Crippen LogP contribution < -0.4 is 15.0 Å². The fourth-order valence-electron chi connectivity index (χ4n) is 3.20. The van der Waals surface area contributed by atoms with Gasteiger partial charge in [0, 0.05) is 35.9 Å². The van der Waals surface area contributed by atoms with E-state index in [4.69, 9.17) is 21.3 Å². The molecule has 0 aliphatic carbocycles. The highest BCUT2D eigenvalue weighted by Gasteiger charge is 2.19. The molecule has 134 valence electrons. The Labute approximate surface area is 154 Å². The highest BCUT2D eigenvalue weighted by Crippen LogP contribution is 2.33. The van der Waals surface area contributed by atoms with Crippen molar-refractivity contribution in [1.29, 1.82) is 0 Å². The fraction of sp³-hybridized carbons (Fsp3) is 0.474. The third-order valence-electron chi connectivity index (χ3n) is 4.53. The number of rotatable bonds is 4. The van der Waals surface area contributed by atoms with Crippen LogP contribution in [0.3, 0.4) is 0 Å². The average Bonchev–Trinajstić information content (AvgIpc) is 2.57. The molecule has 1 saturated heterocycles. The summed E-state index contributed by atoms with van der Waals surface area (Å²) in [7, 11) is 1.64. The first-order valence-electron chi connectivity index (χ1n) is 8.68. The van der Waals surface area contributed by atoms with Gasteiger partial charge in [-0.2, -0.15) is 4.98 Å². The van der Waals surface area contributed by atoms with Gasteiger partial charge < -0.3 is 15.0 Å². The number of nitrogens with one attached hydrogen (secondary N) is 1. The predicted molar refractivity (Wildman–Crippen MR) is 103 cm³/mol. The lowest BCUT2D eigenvalue weighted by Gasteiger charge is -2.31. The van der Waals surface area contributed by atoms with Crippen molar-refractivity contribution in [3.8, 4) is 5.75 Å². The van der Waals surface area contributed by atoms with Gasteiger partial charge in [0.1, 0.15) is 11.6 Å². The maximum Gasteiger partial charge on any atom is 0.227 e. The van der Waals surface area contributed by atoms with Crippen molar-refractivity contribution in [2.75, 3.05) is 30.4 Å². The van der Waals surface area contributed by atoms with Crippen LogP contribution in [0.5, 0.6) is 5.75 Å². The van der Waals surface area contributed by atoms with E-state index in [0.29, 0.717) is 16.7 Å². The van der Waals surface area contributed by atoms with Gasteiger partial charge in [0.2, 0.25) is 5.95 Å². The highest BCUT2D eigenvalue weighted by atomic mass is 35.5. The van der Waals surface area contributed by atoms with Gasteiger partial charge in [0.25, 0.3) is 0 Å². The van der Waals surface area contributed by atoms with Crippen molar-refractivity contribution in [3.63, 3.8) is 0 Å². The Hall–Kier alpha value is -2.01. The Bertz CT molecular complexity index is 765. The van der Waals surface area contributed by atoms with Crippen LogP contribution in [0.1, 0.15) is 31.0 Å². The zero-order valence-electron chi connectivity index (χ0n) is 15.3. The minimum Gasteiger partial charge on any atom is -0.495 e. The number of benzene rings is 1. The first-order valence-corrected chi connectivity index (χ1v) is 9.06. The van der Waals surface area contributed by atoms with Gasteiger partial charge in [0.15, 0.2) is 0 Å². The van der Waals surface area contributed by atoms with Crippen molar-refractivity contribution in [2.24, 2.45) is 5.92 Å². The standard InChI is InChI=1S/C19H25ClN4O/c1-12-6-5-7-24(11-12)19-21-14(3)9-18(23-19)22-16-8-13(2)15(20)10-17(16)25-4/h8-10,12H,5-7,11H2,1-4H3,(H,21,22,23). The van der Waals surface area contributed by atoms with Gasteiger partial charge >= 0.3 is 0 Å². The van der Waals surface area contributed by atoms with E-state index in [1.54, 1.807) is 7.11 Å². The second-order valence-corrected chi connectivity index (χ2v) is 7.22. The Balaban J connectivity index is 1.89. The molecule has 1 aromatic heterocycles. The summed E-state index contributed by atoms with van der Waals surface area (Å²) in [5.74, 6) is 2.92. The van der Waals surface area contributed by atoms with Crippen molar-refractivity contribution >= 4 is 29.1 Å². The Kier molecular flexibility index (Phi) is 5.33. The summed E-state index contributed by atoms with van der Waals surface area (Å²) in [5.41, 5.74) is 2.77. The van der Waals surface area contributed by atoms with Crippen LogP contribution in [0, 0.1) is 19.8 Å². The monoisotopic (exact) mass is 360 g/mol. The van der Waals surface area contributed by atoms with E-state index < -0.39 is 0 Å². The molecule has 6 heteroatoms. The molecule has 1 N–H and O–H groups in total. The second kappa shape index (κ2) is 7.48. The molecule has 0 amide bonds. The molecule has 5 nitrogen and oxygen atoms in total. The SMILES string of the molecule is COc1cc(Cl)c(C)cc1Nc1cc(C)nc(N2CCCC(C)C2)n1. The Morgan fingerprint density at radius 2 is 2.04 bits per heavy atom. The Morgan fingerprint density at radius 3 is 2.76 bits per heavy atom. The number of aromatic nitrogens is 2. The summed E-state index contributed by atoms with van der Waals surface area (Å²) in [4.78, 5) is 11.6. The number of ether oxygens (including phenoxy) is 1. The lowest BCUT2D eigenvalue weighted by Crippen LogP contribution is -2.35. The molecule has 1 unspecified atom stereocenters. The van der Waals surface area contributed by atoms with Crippen molar-refractivity contribution < 1.29 is 4.74 Å². The Morgan fingerprint density at radius 1 is 1.24 bits per heavy atom. The van der Waals surface area contributed by atoms with Crippen LogP contribution in [-0.2, 0) is 0 Å². The molecule has 1 atom stereocenters. The minimum atomic E-state index is 0.674. The topological polar surface area (TPSA) is 50.3 Å². The number of piperidine rings is 1. The van der Waals surface area contributed by atoms with E-state index >= 15 is 0 Å². The van der Waals surface area contributed by atoms with Gasteiger partial charge in [-0.15, -0.1) is 0 Å². The highest BCUT2D eigenvalue weighted by molar-refractivity contribution is 6.31. The van der Waals surface area contributed by atoms with Crippen LogP contribution in [0.4, 0.5) is 17.5 Å². The molecule has 0 bridgehead atoms. The predicted octanol–water partition coefficient (Wildman–Crippen LogP) is 4.74. The van der Waals surface area contributed by atoms with E-state index in [0.717, 1.165) is 41.8 Å². The maximum absolute atomic E-state index is 6.19. The van der Waals surface area contributed by atoms with E-state index in [1.165, 1.54) is 12.8 Å². The van der Waals surface area contributed by atoms with Gasteiger partial charge in [-0.25, -0.2) is 4.98 Å². The van der Waals surface area contributed by atoms with Crippen LogP contribution in [0.25, 0.3) is 0 Å². The summed E-state index contributed by atoms with van der Waals surface area (Å²) in [6.07, 6.45) is 2.46. The third kappa shape index (κ3) is 4.15. The number of methoxy groups -OCH3 is 1. The average molecular weight is 361 g/mol. The normalized spacial score (nSPS) is 17.5. The molecule has 3 rings (SSSR count). The molecule has 0 radical (unpaired) electrons. The van der Waals surface area contributed by atoms with E-state index in [-0.39, 0.29) is 0 Å². The van der Waals surface area contributed by atoms with Crippen molar-refractivity contribution in [2.45, 2.75) is 33.6 Å². The second-order valence-electron chi connectivity index (χ2n) is 6.81. The smallest absolute Gasteiger partial charge is 0.227 e. The van der Waals surface area contributed by atoms with E-state index in [2.05, 4.69) is 22.1 Å². The van der Waals surface area contributed by atoms with E-state index in [1.807, 2.05) is 32.0 Å². The summed E-state index contributed by atoms with van der Waals surface area (Å²) >= 11 is 6.19. The molecular weight excluding hydrogens is 336 g/mol. The number of nitrogens with zero attached hydrogens (tertiary/aromatic N) is 3. The maximum atomic E-state index is 6.19. The first kappa shape index (κ1) is 17.8. The van der Waals surface area contributed by atoms with Crippen LogP contribution in [0.2, 0.25) is 5.02 Å². The molecule has 25 heavy (non-hydrogen) atoms. The molecule has 2 aromatic rings. The van der Waals surface area contributed by atoms with Gasteiger partial charge in [-0.3, -0.25) is 0 Å². The molecule has 1 fully saturated rings. The first-order chi connectivity index (χ1) is 12.0. The summed E-state index contributed by atoms with van der Waals surface area (Å²) < 4.78 is 5.44. The van der Waals surface area contributed by atoms with Crippen LogP contribution in [0.15, 0.2) is 18.2 Å². The summed E-state index contributed by atoms with van der Waals surface area (Å²) in [5, 5.41) is 4.05. The van der Waals surface area contributed by atoms with E-state index in [9.17, 15) is 0 Å². The molecule has 1 aliphatic heterocycles. The minimum absolute atomic E-state index is 0.674. The zero-order valence-corrected chi connectivity index (χ0v) is 16.0. The molecule has 0 saturated carbocycles. The molecular formula is C19H25ClN4O. The fourth-order valence-corrected chi connectivity index (χ4v) is 3.35. The van der Waals surface area contributed by atoms with Gasteiger partial charge in [0.05, 0.1) is 12.8 Å². The van der Waals surface area contributed by atoms with Gasteiger partial charge in [-0.1, -0.05) is 18.5 Å². The molecule has 0 spiro atoms. The van der Waals surface area contributed by atoms with Crippen LogP contribution in [-0.4, -0.2) is 30.2 Å². The number of hydrogen-bond donors (Lipinski definition) is 1. The van der Waals surface area contributed by atoms with Crippen molar-refractivity contribution in [3.05, 3.63) is 34.5 Å². The lowest BCUT2D eigenvalue weighted by molar-refractivity contribution is 0.416. The molecule has 1 aliphatic rings. The number of anilines is 3. The molecule has 1 aromatic carbocycles. The third-order valence-corrected chi connectivity index (χ3v) is 4.93. The summed E-state index contributed by atoms with van der Waals surface area (Å²) in [6.45, 7) is 8.26. The lowest BCUT2D eigenvalue weighted by atomic mass is 10.0. The number of hydrogen-bond acceptors (Lipinski definition) is 5. The quantitative estimate of drug-likeness (QED) is 0.853. The van der Waals surface area contributed by atoms with Gasteiger partial charge in [-0.05, 0) is 44.2 Å². The zero-order chi connectivity index (χ0) is 18.0.